The van der Waals surface area contributed by atoms with E-state index in [1.54, 1.807) is 18.2 Å². The molecule has 0 aliphatic carbocycles. The maximum absolute atomic E-state index is 13.2. The van der Waals surface area contributed by atoms with Crippen LogP contribution in [0.2, 0.25) is 0 Å². The normalized spacial score (nSPS) is 11.4. The molecule has 5 aromatic rings. The zero-order valence-corrected chi connectivity index (χ0v) is 14.8. The van der Waals surface area contributed by atoms with Gasteiger partial charge in [0.05, 0.1) is 22.0 Å². The Kier molecular flexibility index (Phi) is 3.07. The van der Waals surface area contributed by atoms with Crippen molar-refractivity contribution in [1.29, 1.82) is 5.26 Å². The van der Waals surface area contributed by atoms with E-state index in [9.17, 15) is 10.1 Å². The fourth-order valence-electron chi connectivity index (χ4n) is 3.76. The Labute approximate surface area is 154 Å². The molecule has 5 heteroatoms. The first-order valence-electron chi connectivity index (χ1n) is 8.63. The Bertz CT molecular complexity index is 1520. The van der Waals surface area contributed by atoms with Gasteiger partial charge in [0.15, 0.2) is 5.65 Å². The first-order chi connectivity index (χ1) is 13.1. The Balaban J connectivity index is 2.10. The number of fused-ring (bicyclic) bond motifs is 5. The van der Waals surface area contributed by atoms with Crippen molar-refractivity contribution in [2.24, 2.45) is 0 Å². The van der Waals surface area contributed by atoms with Crippen LogP contribution < -0.4 is 5.56 Å². The van der Waals surface area contributed by atoms with Crippen molar-refractivity contribution in [3.8, 4) is 6.07 Å². The summed E-state index contributed by atoms with van der Waals surface area (Å²) in [6, 6.07) is 17.2. The lowest BCUT2D eigenvalue weighted by Crippen LogP contribution is -2.17. The summed E-state index contributed by atoms with van der Waals surface area (Å²) in [6.07, 6.45) is 0. The number of aromatic nitrogens is 3. The van der Waals surface area contributed by atoms with E-state index in [4.69, 9.17) is 4.98 Å². The number of hydrogen-bond acceptors (Lipinski definition) is 4. The van der Waals surface area contributed by atoms with E-state index in [1.165, 1.54) is 4.40 Å². The minimum atomic E-state index is -0.214. The quantitative estimate of drug-likeness (QED) is 0.312. The van der Waals surface area contributed by atoms with Crippen molar-refractivity contribution >= 4 is 38.5 Å². The van der Waals surface area contributed by atoms with Gasteiger partial charge in [0.2, 0.25) is 0 Å². The van der Waals surface area contributed by atoms with Crippen LogP contribution >= 0.6 is 0 Å². The van der Waals surface area contributed by atoms with E-state index >= 15 is 0 Å². The van der Waals surface area contributed by atoms with Crippen molar-refractivity contribution < 1.29 is 0 Å². The van der Waals surface area contributed by atoms with E-state index in [0.29, 0.717) is 27.8 Å². The van der Waals surface area contributed by atoms with E-state index in [0.717, 1.165) is 27.4 Å². The van der Waals surface area contributed by atoms with E-state index in [1.807, 2.05) is 32.0 Å². The average molecular weight is 350 g/mol. The molecule has 0 radical (unpaired) electrons. The van der Waals surface area contributed by atoms with Gasteiger partial charge in [-0.25, -0.2) is 14.4 Å². The van der Waals surface area contributed by atoms with Gasteiger partial charge < -0.3 is 0 Å². The van der Waals surface area contributed by atoms with Crippen molar-refractivity contribution in [1.82, 2.24) is 14.4 Å². The third-order valence-corrected chi connectivity index (χ3v) is 4.91. The molecule has 0 atom stereocenters. The second kappa shape index (κ2) is 5.36. The first-order valence-corrected chi connectivity index (χ1v) is 8.63. The molecule has 0 saturated heterocycles. The van der Waals surface area contributed by atoms with Crippen LogP contribution in [0.4, 0.5) is 0 Å². The molecule has 3 aromatic heterocycles. The topological polar surface area (TPSA) is 71.0 Å². The summed E-state index contributed by atoms with van der Waals surface area (Å²) in [6.45, 7) is 4.05. The van der Waals surface area contributed by atoms with E-state index in [2.05, 4.69) is 23.2 Å². The monoisotopic (exact) mass is 350 g/mol. The maximum Gasteiger partial charge on any atom is 0.267 e. The molecular weight excluding hydrogens is 336 g/mol. The molecule has 5 rings (SSSR count). The predicted molar refractivity (Wildman–Crippen MR) is 106 cm³/mol. The summed E-state index contributed by atoms with van der Waals surface area (Å²) in [4.78, 5) is 22.6. The van der Waals surface area contributed by atoms with Crippen LogP contribution in [0.25, 0.3) is 38.5 Å². The summed E-state index contributed by atoms with van der Waals surface area (Å²) < 4.78 is 1.47. The van der Waals surface area contributed by atoms with Crippen molar-refractivity contribution in [3.63, 3.8) is 0 Å². The van der Waals surface area contributed by atoms with Crippen LogP contribution in [0, 0.1) is 25.2 Å². The lowest BCUT2D eigenvalue weighted by atomic mass is 10.0. The Hall–Kier alpha value is -3.78. The largest absolute Gasteiger partial charge is 0.268 e. The van der Waals surface area contributed by atoms with Crippen LogP contribution in [-0.4, -0.2) is 14.4 Å². The number of benzene rings is 2. The zero-order chi connectivity index (χ0) is 18.7. The summed E-state index contributed by atoms with van der Waals surface area (Å²) in [5.74, 6) is 0. The Morgan fingerprint density at radius 2 is 1.78 bits per heavy atom. The third-order valence-electron chi connectivity index (χ3n) is 4.91. The molecule has 27 heavy (non-hydrogen) atoms. The SMILES string of the molecule is Cc1cc(C)c2nc3c(cc(C#N)c4nc5ccccc5c(=O)n43)cc2c1. The molecule has 0 aliphatic rings. The number of nitriles is 1. The fourth-order valence-corrected chi connectivity index (χ4v) is 3.76. The second-order valence-corrected chi connectivity index (χ2v) is 6.82. The molecule has 0 unspecified atom stereocenters. The third kappa shape index (κ3) is 2.14. The minimum absolute atomic E-state index is 0.214. The van der Waals surface area contributed by atoms with Crippen LogP contribution in [-0.2, 0) is 0 Å². The summed E-state index contributed by atoms with van der Waals surface area (Å²) in [7, 11) is 0. The Morgan fingerprint density at radius 1 is 0.963 bits per heavy atom. The molecule has 0 aliphatic heterocycles. The molecule has 128 valence electrons. The van der Waals surface area contributed by atoms with Crippen molar-refractivity contribution in [3.05, 3.63) is 75.6 Å². The molecule has 0 N–H and O–H groups in total. The first kappa shape index (κ1) is 15.5. The molecule has 3 heterocycles. The number of hydrogen-bond donors (Lipinski definition) is 0. The van der Waals surface area contributed by atoms with Gasteiger partial charge in [-0.1, -0.05) is 23.8 Å². The molecule has 0 fully saturated rings. The molecule has 5 nitrogen and oxygen atoms in total. The highest BCUT2D eigenvalue weighted by Crippen LogP contribution is 2.26. The predicted octanol–water partition coefficient (Wildman–Crippen LogP) is 4.04. The number of nitrogens with zero attached hydrogens (tertiary/aromatic N) is 4. The number of aryl methyl sites for hydroxylation is 2. The van der Waals surface area contributed by atoms with Gasteiger partial charge in [0, 0.05) is 10.8 Å². The Morgan fingerprint density at radius 3 is 2.59 bits per heavy atom. The molecule has 0 bridgehead atoms. The van der Waals surface area contributed by atoms with E-state index in [-0.39, 0.29) is 5.56 Å². The maximum atomic E-state index is 13.2. The van der Waals surface area contributed by atoms with Gasteiger partial charge in [0.1, 0.15) is 11.7 Å². The molecular formula is C22H14N4O. The summed E-state index contributed by atoms with van der Waals surface area (Å²) in [5, 5.41) is 11.9. The highest BCUT2D eigenvalue weighted by molar-refractivity contribution is 5.95. The van der Waals surface area contributed by atoms with Crippen molar-refractivity contribution in [2.45, 2.75) is 13.8 Å². The van der Waals surface area contributed by atoms with E-state index < -0.39 is 0 Å². The molecule has 0 amide bonds. The number of pyridine rings is 2. The van der Waals surface area contributed by atoms with Gasteiger partial charge in [-0.2, -0.15) is 5.26 Å². The van der Waals surface area contributed by atoms with Crippen LogP contribution in [0.5, 0.6) is 0 Å². The average Bonchev–Trinajstić information content (AvgIpc) is 2.66. The summed E-state index contributed by atoms with van der Waals surface area (Å²) in [5.41, 5.74) is 4.62. The fraction of sp³-hybridized carbons (Fsp3) is 0.0909. The van der Waals surface area contributed by atoms with Gasteiger partial charge in [-0.15, -0.1) is 0 Å². The number of para-hydroxylation sites is 1. The second-order valence-electron chi connectivity index (χ2n) is 6.82. The molecule has 2 aromatic carbocycles. The number of rotatable bonds is 0. The molecule has 0 saturated carbocycles. The lowest BCUT2D eigenvalue weighted by Gasteiger charge is -2.11. The summed E-state index contributed by atoms with van der Waals surface area (Å²) >= 11 is 0. The van der Waals surface area contributed by atoms with Gasteiger partial charge in [-0.3, -0.25) is 4.79 Å². The van der Waals surface area contributed by atoms with Gasteiger partial charge >= 0.3 is 0 Å². The van der Waals surface area contributed by atoms with Crippen LogP contribution in [0.15, 0.2) is 53.3 Å². The molecule has 0 spiro atoms. The standard InChI is InChI=1S/C22H14N4O/c1-12-7-13(2)19-14(8-12)9-15-10-16(11-23)21-24-18-6-4-3-5-17(18)22(27)26(21)20(15)25-19/h3-10H,1-2H3. The smallest absolute Gasteiger partial charge is 0.267 e. The van der Waals surface area contributed by atoms with Crippen LogP contribution in [0.1, 0.15) is 16.7 Å². The van der Waals surface area contributed by atoms with Crippen molar-refractivity contribution in [2.75, 3.05) is 0 Å². The minimum Gasteiger partial charge on any atom is -0.268 e. The zero-order valence-electron chi connectivity index (χ0n) is 14.8. The van der Waals surface area contributed by atoms with Crippen LogP contribution in [0.3, 0.4) is 0 Å². The van der Waals surface area contributed by atoms with Gasteiger partial charge in [0.25, 0.3) is 5.56 Å². The highest BCUT2D eigenvalue weighted by Gasteiger charge is 2.15. The van der Waals surface area contributed by atoms with Gasteiger partial charge in [-0.05, 0) is 49.7 Å². The lowest BCUT2D eigenvalue weighted by molar-refractivity contribution is 1.10. The highest BCUT2D eigenvalue weighted by atomic mass is 16.1.